The van der Waals surface area contributed by atoms with Gasteiger partial charge in [0.15, 0.2) is 0 Å². The van der Waals surface area contributed by atoms with Gasteiger partial charge in [0.25, 0.3) is 5.91 Å². The Morgan fingerprint density at radius 1 is 1.05 bits per heavy atom. The molecule has 0 heterocycles. The zero-order valence-corrected chi connectivity index (χ0v) is 13.8. The molecule has 0 aliphatic carbocycles. The summed E-state index contributed by atoms with van der Waals surface area (Å²) in [5.74, 6) is -0.233. The first-order valence-corrected chi connectivity index (χ1v) is 7.62. The van der Waals surface area contributed by atoms with Gasteiger partial charge < -0.3 is 10.6 Å². The summed E-state index contributed by atoms with van der Waals surface area (Å²) < 4.78 is 1.65. The molecule has 0 spiro atoms. The predicted molar refractivity (Wildman–Crippen MR) is 82.1 cm³/mol. The summed E-state index contributed by atoms with van der Waals surface area (Å²) in [6.45, 7) is 3.00. The van der Waals surface area contributed by atoms with Crippen LogP contribution in [0, 0.1) is 0 Å². The van der Waals surface area contributed by atoms with E-state index in [0.29, 0.717) is 25.1 Å². The molecule has 0 aliphatic rings. The van der Waals surface area contributed by atoms with Crippen LogP contribution in [0.4, 0.5) is 0 Å². The van der Waals surface area contributed by atoms with Crippen molar-refractivity contribution in [2.45, 2.75) is 19.8 Å². The number of hydrogen-bond acceptors (Lipinski definition) is 2. The summed E-state index contributed by atoms with van der Waals surface area (Å²) in [7, 11) is 0. The van der Waals surface area contributed by atoms with Crippen molar-refractivity contribution in [2.75, 3.05) is 13.1 Å². The van der Waals surface area contributed by atoms with Crippen LogP contribution >= 0.6 is 31.9 Å². The quantitative estimate of drug-likeness (QED) is 0.783. The number of carbonyl (C=O) groups is 2. The minimum absolute atomic E-state index is 0.0439. The highest BCUT2D eigenvalue weighted by atomic mass is 79.9. The van der Waals surface area contributed by atoms with E-state index < -0.39 is 0 Å². The number of carbonyl (C=O) groups excluding carboxylic acids is 2. The van der Waals surface area contributed by atoms with Crippen molar-refractivity contribution in [3.8, 4) is 0 Å². The molecule has 0 aliphatic heterocycles. The van der Waals surface area contributed by atoms with Crippen LogP contribution in [-0.4, -0.2) is 24.9 Å². The Kier molecular flexibility index (Phi) is 7.09. The molecule has 0 radical (unpaired) electrons. The molecule has 1 aromatic carbocycles. The molecule has 104 valence electrons. The first-order valence-electron chi connectivity index (χ1n) is 6.04. The number of rotatable bonds is 6. The van der Waals surface area contributed by atoms with Gasteiger partial charge in [-0.2, -0.15) is 0 Å². The third kappa shape index (κ3) is 6.20. The predicted octanol–water partition coefficient (Wildman–Crippen LogP) is 2.86. The lowest BCUT2D eigenvalue weighted by Crippen LogP contribution is -2.31. The van der Waals surface area contributed by atoms with Crippen molar-refractivity contribution in [1.82, 2.24) is 10.6 Å². The summed E-state index contributed by atoms with van der Waals surface area (Å²) >= 11 is 6.65. The highest BCUT2D eigenvalue weighted by Crippen LogP contribution is 2.19. The lowest BCUT2D eigenvalue weighted by molar-refractivity contribution is -0.120. The van der Waals surface area contributed by atoms with Crippen molar-refractivity contribution < 1.29 is 9.59 Å². The van der Waals surface area contributed by atoms with E-state index in [9.17, 15) is 9.59 Å². The maximum atomic E-state index is 11.9. The molecule has 0 unspecified atom stereocenters. The minimum atomic E-state index is -0.190. The van der Waals surface area contributed by atoms with Gasteiger partial charge >= 0.3 is 0 Å². The fourth-order valence-corrected chi connectivity index (χ4v) is 2.72. The Hall–Kier alpha value is -0.880. The summed E-state index contributed by atoms with van der Waals surface area (Å²) in [4.78, 5) is 23.2. The van der Waals surface area contributed by atoms with E-state index >= 15 is 0 Å². The number of halogens is 2. The molecule has 0 saturated heterocycles. The fourth-order valence-electron chi connectivity index (χ4n) is 1.43. The highest BCUT2D eigenvalue weighted by molar-refractivity contribution is 9.11. The van der Waals surface area contributed by atoms with Crippen LogP contribution in [0.25, 0.3) is 0 Å². The summed E-state index contributed by atoms with van der Waals surface area (Å²) in [6, 6.07) is 5.32. The molecule has 1 aromatic rings. The van der Waals surface area contributed by atoms with Gasteiger partial charge in [0.2, 0.25) is 5.91 Å². The van der Waals surface area contributed by atoms with Crippen LogP contribution in [0.2, 0.25) is 0 Å². The Morgan fingerprint density at radius 3 is 2.26 bits per heavy atom. The van der Waals surface area contributed by atoms with Crippen molar-refractivity contribution in [2.24, 2.45) is 0 Å². The Labute approximate surface area is 129 Å². The van der Waals surface area contributed by atoms with Crippen LogP contribution in [0.1, 0.15) is 30.1 Å². The first-order chi connectivity index (χ1) is 9.02. The fraction of sp³-hybridized carbons (Fsp3) is 0.385. The zero-order chi connectivity index (χ0) is 14.3. The number of nitrogens with one attached hydrogen (secondary N) is 2. The van der Waals surface area contributed by atoms with Gasteiger partial charge in [-0.3, -0.25) is 9.59 Å². The number of amides is 2. The molecular weight excluding hydrogens is 376 g/mol. The highest BCUT2D eigenvalue weighted by Gasteiger charge is 2.08. The second-order valence-electron chi connectivity index (χ2n) is 4.01. The summed E-state index contributed by atoms with van der Waals surface area (Å²) in [6.07, 6.45) is 1.20. The Balaban J connectivity index is 2.41. The van der Waals surface area contributed by atoms with Gasteiger partial charge in [0, 0.05) is 34.0 Å². The van der Waals surface area contributed by atoms with Gasteiger partial charge in [0.05, 0.1) is 0 Å². The smallest absolute Gasteiger partial charge is 0.251 e. The van der Waals surface area contributed by atoms with Crippen molar-refractivity contribution in [3.05, 3.63) is 32.7 Å². The number of hydrogen-bond donors (Lipinski definition) is 2. The first kappa shape index (κ1) is 16.2. The topological polar surface area (TPSA) is 58.2 Å². The van der Waals surface area contributed by atoms with Gasteiger partial charge in [-0.25, -0.2) is 0 Å². The molecule has 2 N–H and O–H groups in total. The lowest BCUT2D eigenvalue weighted by Gasteiger charge is -2.07. The maximum absolute atomic E-state index is 11.9. The average molecular weight is 392 g/mol. The molecule has 6 heteroatoms. The van der Waals surface area contributed by atoms with Crippen molar-refractivity contribution in [1.29, 1.82) is 0 Å². The zero-order valence-electron chi connectivity index (χ0n) is 10.6. The van der Waals surface area contributed by atoms with E-state index in [1.807, 2.05) is 13.0 Å². The normalized spacial score (nSPS) is 10.1. The van der Waals surface area contributed by atoms with Crippen molar-refractivity contribution >= 4 is 43.7 Å². The van der Waals surface area contributed by atoms with Crippen LogP contribution in [-0.2, 0) is 4.79 Å². The van der Waals surface area contributed by atoms with Crippen molar-refractivity contribution in [3.63, 3.8) is 0 Å². The summed E-state index contributed by atoms with van der Waals surface area (Å²) in [5.41, 5.74) is 0.551. The molecule has 0 aromatic heterocycles. The third-order valence-corrected chi connectivity index (χ3v) is 3.25. The molecule has 1 rings (SSSR count). The second-order valence-corrected chi connectivity index (χ2v) is 5.85. The van der Waals surface area contributed by atoms with E-state index in [1.54, 1.807) is 12.1 Å². The second kappa shape index (κ2) is 8.32. The van der Waals surface area contributed by atoms with Crippen LogP contribution < -0.4 is 10.6 Å². The van der Waals surface area contributed by atoms with Gasteiger partial charge in [-0.05, 0) is 24.6 Å². The maximum Gasteiger partial charge on any atom is 0.251 e. The summed E-state index contributed by atoms with van der Waals surface area (Å²) in [5, 5.41) is 5.48. The van der Waals surface area contributed by atoms with E-state index in [2.05, 4.69) is 42.5 Å². The van der Waals surface area contributed by atoms with Crippen LogP contribution in [0.15, 0.2) is 27.1 Å². The third-order valence-electron chi connectivity index (χ3n) is 2.33. The van der Waals surface area contributed by atoms with E-state index in [0.717, 1.165) is 15.4 Å². The molecule has 0 bridgehead atoms. The molecule has 0 saturated carbocycles. The Bertz CT molecular complexity index is 444. The Morgan fingerprint density at radius 2 is 1.68 bits per heavy atom. The average Bonchev–Trinajstić information content (AvgIpc) is 2.35. The van der Waals surface area contributed by atoms with E-state index in [4.69, 9.17) is 0 Å². The van der Waals surface area contributed by atoms with Crippen LogP contribution in [0.3, 0.4) is 0 Å². The minimum Gasteiger partial charge on any atom is -0.356 e. The molecule has 2 amide bonds. The lowest BCUT2D eigenvalue weighted by atomic mass is 10.2. The molecule has 19 heavy (non-hydrogen) atoms. The molecule has 4 nitrogen and oxygen atoms in total. The van der Waals surface area contributed by atoms with Gasteiger partial charge in [0.1, 0.15) is 0 Å². The molecular formula is C13H16Br2N2O2. The number of benzene rings is 1. The molecule has 0 atom stereocenters. The molecule has 0 fully saturated rings. The van der Waals surface area contributed by atoms with E-state index in [1.165, 1.54) is 0 Å². The largest absolute Gasteiger partial charge is 0.356 e. The van der Waals surface area contributed by atoms with Gasteiger partial charge in [-0.1, -0.05) is 38.8 Å². The van der Waals surface area contributed by atoms with Gasteiger partial charge in [-0.15, -0.1) is 0 Å². The van der Waals surface area contributed by atoms with Crippen LogP contribution in [0.5, 0.6) is 0 Å². The SMILES string of the molecule is CCCNC(=O)CCNC(=O)c1cc(Br)cc(Br)c1. The van der Waals surface area contributed by atoms with E-state index in [-0.39, 0.29) is 11.8 Å². The monoisotopic (exact) mass is 390 g/mol. The standard InChI is InChI=1S/C13H16Br2N2O2/c1-2-4-16-12(18)3-5-17-13(19)9-6-10(14)8-11(15)7-9/h6-8H,2-5H2,1H3,(H,16,18)(H,17,19).